The topological polar surface area (TPSA) is 55.8 Å². The van der Waals surface area contributed by atoms with E-state index in [9.17, 15) is 9.59 Å². The molecule has 21 heavy (non-hydrogen) atoms. The van der Waals surface area contributed by atoms with Gasteiger partial charge in [0.15, 0.2) is 5.78 Å². The number of nitrogens with zero attached hydrogens (tertiary/aromatic N) is 1. The van der Waals surface area contributed by atoms with Gasteiger partial charge in [0.05, 0.1) is 13.2 Å². The molecule has 1 saturated carbocycles. The summed E-state index contributed by atoms with van der Waals surface area (Å²) < 4.78 is 10.8. The maximum absolute atomic E-state index is 12.1. The van der Waals surface area contributed by atoms with Crippen LogP contribution in [0.4, 0.5) is 4.79 Å². The van der Waals surface area contributed by atoms with Crippen LogP contribution in [0.5, 0.6) is 0 Å². The van der Waals surface area contributed by atoms with Gasteiger partial charge in [-0.25, -0.2) is 4.79 Å². The van der Waals surface area contributed by atoms with E-state index in [1.54, 1.807) is 4.90 Å². The van der Waals surface area contributed by atoms with Gasteiger partial charge in [-0.3, -0.25) is 4.79 Å². The van der Waals surface area contributed by atoms with Crippen molar-refractivity contribution in [1.29, 1.82) is 0 Å². The molecule has 1 atom stereocenters. The summed E-state index contributed by atoms with van der Waals surface area (Å²) in [7, 11) is 0. The van der Waals surface area contributed by atoms with Crippen LogP contribution >= 0.6 is 0 Å². The van der Waals surface area contributed by atoms with Gasteiger partial charge >= 0.3 is 6.09 Å². The third-order valence-electron chi connectivity index (χ3n) is 3.83. The molecular weight excluding hydrogens is 270 g/mol. The van der Waals surface area contributed by atoms with Gasteiger partial charge in [-0.1, -0.05) is 30.3 Å². The van der Waals surface area contributed by atoms with Gasteiger partial charge in [-0.05, 0) is 18.4 Å². The van der Waals surface area contributed by atoms with Crippen molar-refractivity contribution in [1.82, 2.24) is 4.90 Å². The Morgan fingerprint density at radius 3 is 2.71 bits per heavy atom. The summed E-state index contributed by atoms with van der Waals surface area (Å²) in [6.45, 7) is 1.42. The maximum Gasteiger partial charge on any atom is 0.410 e. The van der Waals surface area contributed by atoms with Crippen molar-refractivity contribution in [2.24, 2.45) is 5.92 Å². The average molecular weight is 289 g/mol. The Bertz CT molecular complexity index is 512. The average Bonchev–Trinajstić information content (AvgIpc) is 3.38. The summed E-state index contributed by atoms with van der Waals surface area (Å²) in [5.74, 6) is 0.283. The molecule has 1 aliphatic carbocycles. The largest absolute Gasteiger partial charge is 0.445 e. The van der Waals surface area contributed by atoms with Gasteiger partial charge in [0, 0.05) is 12.5 Å². The monoisotopic (exact) mass is 289 g/mol. The molecule has 1 aliphatic heterocycles. The van der Waals surface area contributed by atoms with Crippen LogP contribution in [0, 0.1) is 5.92 Å². The molecule has 1 heterocycles. The predicted molar refractivity (Wildman–Crippen MR) is 75.7 cm³/mol. The summed E-state index contributed by atoms with van der Waals surface area (Å²) in [5, 5.41) is 0. The van der Waals surface area contributed by atoms with E-state index in [0.717, 1.165) is 18.4 Å². The molecule has 5 heteroatoms. The van der Waals surface area contributed by atoms with E-state index in [-0.39, 0.29) is 24.4 Å². The van der Waals surface area contributed by atoms with Gasteiger partial charge in [0.1, 0.15) is 12.7 Å². The van der Waals surface area contributed by atoms with Crippen molar-refractivity contribution in [3.63, 3.8) is 0 Å². The Morgan fingerprint density at radius 2 is 2.00 bits per heavy atom. The van der Waals surface area contributed by atoms with Crippen LogP contribution in [-0.4, -0.2) is 42.6 Å². The summed E-state index contributed by atoms with van der Waals surface area (Å²) in [6, 6.07) is 9.55. The number of carbonyl (C=O) groups excluding carboxylic acids is 2. The molecule has 1 aromatic carbocycles. The fourth-order valence-corrected chi connectivity index (χ4v) is 2.43. The first kappa shape index (κ1) is 14.1. The van der Waals surface area contributed by atoms with Crippen LogP contribution in [0.3, 0.4) is 0 Å². The zero-order valence-corrected chi connectivity index (χ0v) is 11.9. The minimum absolute atomic E-state index is 0.135. The molecule has 1 aromatic rings. The van der Waals surface area contributed by atoms with Crippen molar-refractivity contribution < 1.29 is 19.1 Å². The molecule has 1 amide bonds. The number of ether oxygens (including phenoxy) is 2. The van der Waals surface area contributed by atoms with E-state index in [4.69, 9.17) is 9.47 Å². The highest BCUT2D eigenvalue weighted by Gasteiger charge is 2.38. The molecule has 1 unspecified atom stereocenters. The number of hydrogen-bond donors (Lipinski definition) is 0. The highest BCUT2D eigenvalue weighted by atomic mass is 16.6. The van der Waals surface area contributed by atoms with Crippen LogP contribution in [0.25, 0.3) is 0 Å². The van der Waals surface area contributed by atoms with Crippen molar-refractivity contribution in [2.75, 3.05) is 19.7 Å². The minimum Gasteiger partial charge on any atom is -0.445 e. The fourth-order valence-electron chi connectivity index (χ4n) is 2.43. The Morgan fingerprint density at radius 1 is 1.24 bits per heavy atom. The molecule has 2 fully saturated rings. The summed E-state index contributed by atoms with van der Waals surface area (Å²) in [6.07, 6.45) is 1.06. The quantitative estimate of drug-likeness (QED) is 0.850. The highest BCUT2D eigenvalue weighted by Crippen LogP contribution is 2.32. The Balaban J connectivity index is 1.50. The normalized spacial score (nSPS) is 21.9. The number of morpholine rings is 1. The summed E-state index contributed by atoms with van der Waals surface area (Å²) >= 11 is 0. The van der Waals surface area contributed by atoms with E-state index in [0.29, 0.717) is 19.7 Å². The molecule has 0 aromatic heterocycles. The van der Waals surface area contributed by atoms with E-state index < -0.39 is 6.10 Å². The zero-order valence-electron chi connectivity index (χ0n) is 11.9. The second kappa shape index (κ2) is 6.26. The molecule has 2 aliphatic rings. The smallest absolute Gasteiger partial charge is 0.410 e. The van der Waals surface area contributed by atoms with E-state index in [1.807, 2.05) is 30.3 Å². The number of ketones is 1. The molecule has 5 nitrogen and oxygen atoms in total. The summed E-state index contributed by atoms with van der Waals surface area (Å²) in [4.78, 5) is 25.6. The standard InChI is InChI=1S/C16H19NO4/c18-15(13-6-7-13)14-10-17(8-9-20-14)16(19)21-11-12-4-2-1-3-5-12/h1-5,13-14H,6-11H2. The number of hydrogen-bond acceptors (Lipinski definition) is 4. The van der Waals surface area contributed by atoms with Gasteiger partial charge in [0.25, 0.3) is 0 Å². The number of carbonyl (C=O) groups is 2. The molecular formula is C16H19NO4. The molecule has 3 rings (SSSR count). The predicted octanol–water partition coefficient (Wildman–Crippen LogP) is 2.00. The Labute approximate surface area is 123 Å². The first-order valence-electron chi connectivity index (χ1n) is 7.35. The lowest BCUT2D eigenvalue weighted by Gasteiger charge is -2.31. The molecule has 1 saturated heterocycles. The maximum atomic E-state index is 12.1. The van der Waals surface area contributed by atoms with Gasteiger partial charge in [-0.15, -0.1) is 0 Å². The third kappa shape index (κ3) is 3.61. The second-order valence-corrected chi connectivity index (χ2v) is 5.52. The summed E-state index contributed by atoms with van der Waals surface area (Å²) in [5.41, 5.74) is 0.949. The number of Topliss-reactive ketones (excluding diaryl/α,β-unsaturated/α-hetero) is 1. The second-order valence-electron chi connectivity index (χ2n) is 5.52. The van der Waals surface area contributed by atoms with Gasteiger partial charge < -0.3 is 14.4 Å². The van der Waals surface area contributed by atoms with E-state index >= 15 is 0 Å². The first-order chi connectivity index (χ1) is 10.2. The number of amides is 1. The van der Waals surface area contributed by atoms with Gasteiger partial charge in [0.2, 0.25) is 0 Å². The van der Waals surface area contributed by atoms with Crippen molar-refractivity contribution >= 4 is 11.9 Å². The van der Waals surface area contributed by atoms with E-state index in [2.05, 4.69) is 0 Å². The SMILES string of the molecule is O=C(C1CC1)C1CN(C(=O)OCc2ccccc2)CCO1. The number of benzene rings is 1. The molecule has 0 bridgehead atoms. The minimum atomic E-state index is -0.476. The van der Waals surface area contributed by atoms with Crippen LogP contribution in [-0.2, 0) is 20.9 Å². The zero-order chi connectivity index (χ0) is 14.7. The van der Waals surface area contributed by atoms with Crippen molar-refractivity contribution in [3.8, 4) is 0 Å². The first-order valence-corrected chi connectivity index (χ1v) is 7.35. The molecule has 0 N–H and O–H groups in total. The highest BCUT2D eigenvalue weighted by molar-refractivity contribution is 5.88. The fraction of sp³-hybridized carbons (Fsp3) is 0.500. The van der Waals surface area contributed by atoms with Crippen molar-refractivity contribution in [3.05, 3.63) is 35.9 Å². The lowest BCUT2D eigenvalue weighted by molar-refractivity contribution is -0.136. The van der Waals surface area contributed by atoms with Crippen LogP contribution < -0.4 is 0 Å². The lowest BCUT2D eigenvalue weighted by Crippen LogP contribution is -2.49. The van der Waals surface area contributed by atoms with Crippen LogP contribution in [0.2, 0.25) is 0 Å². The lowest BCUT2D eigenvalue weighted by atomic mass is 10.1. The van der Waals surface area contributed by atoms with Crippen molar-refractivity contribution in [2.45, 2.75) is 25.6 Å². The van der Waals surface area contributed by atoms with Crippen LogP contribution in [0.1, 0.15) is 18.4 Å². The van der Waals surface area contributed by atoms with E-state index in [1.165, 1.54) is 0 Å². The molecule has 0 radical (unpaired) electrons. The number of rotatable bonds is 4. The Kier molecular flexibility index (Phi) is 4.20. The third-order valence-corrected chi connectivity index (χ3v) is 3.83. The van der Waals surface area contributed by atoms with Crippen LogP contribution in [0.15, 0.2) is 30.3 Å². The van der Waals surface area contributed by atoms with Gasteiger partial charge in [-0.2, -0.15) is 0 Å². The molecule has 0 spiro atoms. The Hall–Kier alpha value is -1.88. The molecule has 112 valence electrons.